The summed E-state index contributed by atoms with van der Waals surface area (Å²) < 4.78 is 3.28. The molecule has 3 aromatic rings. The van der Waals surface area contributed by atoms with Gasteiger partial charge in [-0.1, -0.05) is 6.07 Å². The van der Waals surface area contributed by atoms with Crippen LogP contribution < -0.4 is 5.32 Å². The predicted octanol–water partition coefficient (Wildman–Crippen LogP) is 2.95. The second-order valence-corrected chi connectivity index (χ2v) is 7.18. The SMILES string of the molecule is Cc1cc(Br)cn2c(CN3CCNCC3c3cccnc3)cnc12. The van der Waals surface area contributed by atoms with Crippen molar-refractivity contribution < 1.29 is 0 Å². The fraction of sp³-hybridized carbons (Fsp3) is 0.333. The first-order valence-corrected chi connectivity index (χ1v) is 8.98. The number of imidazole rings is 1. The molecule has 1 atom stereocenters. The predicted molar refractivity (Wildman–Crippen MR) is 97.9 cm³/mol. The van der Waals surface area contributed by atoms with Crippen molar-refractivity contribution in [2.45, 2.75) is 19.5 Å². The normalized spacial score (nSPS) is 19.0. The minimum absolute atomic E-state index is 0.339. The molecule has 0 aliphatic carbocycles. The zero-order valence-electron chi connectivity index (χ0n) is 13.6. The van der Waals surface area contributed by atoms with Crippen LogP contribution in [0.1, 0.15) is 22.9 Å². The number of halogens is 1. The van der Waals surface area contributed by atoms with E-state index in [9.17, 15) is 0 Å². The second kappa shape index (κ2) is 6.63. The van der Waals surface area contributed by atoms with Gasteiger partial charge in [0.15, 0.2) is 0 Å². The van der Waals surface area contributed by atoms with Crippen molar-refractivity contribution in [2.75, 3.05) is 19.6 Å². The first-order valence-electron chi connectivity index (χ1n) is 8.19. The van der Waals surface area contributed by atoms with Crippen LogP contribution in [-0.4, -0.2) is 38.9 Å². The molecule has 6 heteroatoms. The molecule has 0 saturated carbocycles. The fourth-order valence-electron chi connectivity index (χ4n) is 3.43. The number of aryl methyl sites for hydroxylation is 1. The summed E-state index contributed by atoms with van der Waals surface area (Å²) >= 11 is 3.60. The van der Waals surface area contributed by atoms with Crippen LogP contribution in [0, 0.1) is 6.92 Å². The number of rotatable bonds is 3. The van der Waals surface area contributed by atoms with E-state index in [0.29, 0.717) is 6.04 Å². The molecule has 1 aliphatic heterocycles. The van der Waals surface area contributed by atoms with E-state index in [4.69, 9.17) is 0 Å². The fourth-order valence-corrected chi connectivity index (χ4v) is 3.97. The highest BCUT2D eigenvalue weighted by molar-refractivity contribution is 9.10. The van der Waals surface area contributed by atoms with E-state index in [2.05, 4.69) is 65.8 Å². The Morgan fingerprint density at radius 2 is 2.29 bits per heavy atom. The van der Waals surface area contributed by atoms with Crippen molar-refractivity contribution in [3.8, 4) is 0 Å². The monoisotopic (exact) mass is 385 g/mol. The van der Waals surface area contributed by atoms with Crippen molar-refractivity contribution in [1.29, 1.82) is 0 Å². The first-order chi connectivity index (χ1) is 11.7. The number of fused-ring (bicyclic) bond motifs is 1. The van der Waals surface area contributed by atoms with Crippen molar-refractivity contribution in [2.24, 2.45) is 0 Å². The molecule has 1 N–H and O–H groups in total. The van der Waals surface area contributed by atoms with E-state index < -0.39 is 0 Å². The Balaban J connectivity index is 1.66. The van der Waals surface area contributed by atoms with E-state index in [1.54, 1.807) is 0 Å². The van der Waals surface area contributed by atoms with Crippen molar-refractivity contribution >= 4 is 21.6 Å². The maximum Gasteiger partial charge on any atom is 0.139 e. The minimum atomic E-state index is 0.339. The number of aromatic nitrogens is 3. The Morgan fingerprint density at radius 1 is 1.38 bits per heavy atom. The van der Waals surface area contributed by atoms with Crippen LogP contribution in [0.2, 0.25) is 0 Å². The van der Waals surface area contributed by atoms with Gasteiger partial charge in [0.25, 0.3) is 0 Å². The Hall–Kier alpha value is -1.76. The molecule has 0 radical (unpaired) electrons. The van der Waals surface area contributed by atoms with Crippen LogP contribution in [-0.2, 0) is 6.54 Å². The molecule has 5 nitrogen and oxygen atoms in total. The summed E-state index contributed by atoms with van der Waals surface area (Å²) in [4.78, 5) is 11.4. The summed E-state index contributed by atoms with van der Waals surface area (Å²) in [5.74, 6) is 0. The largest absolute Gasteiger partial charge is 0.314 e. The summed E-state index contributed by atoms with van der Waals surface area (Å²) in [7, 11) is 0. The lowest BCUT2D eigenvalue weighted by Gasteiger charge is -2.36. The maximum atomic E-state index is 4.61. The van der Waals surface area contributed by atoms with Gasteiger partial charge in [0.1, 0.15) is 5.65 Å². The number of nitrogens with zero attached hydrogens (tertiary/aromatic N) is 4. The molecule has 0 bridgehead atoms. The molecule has 24 heavy (non-hydrogen) atoms. The van der Waals surface area contributed by atoms with Gasteiger partial charge in [0.2, 0.25) is 0 Å². The van der Waals surface area contributed by atoms with Gasteiger partial charge in [-0.05, 0) is 46.1 Å². The van der Waals surface area contributed by atoms with E-state index >= 15 is 0 Å². The average molecular weight is 386 g/mol. The third-order valence-corrected chi connectivity index (χ3v) is 5.06. The number of nitrogens with one attached hydrogen (secondary N) is 1. The quantitative estimate of drug-likeness (QED) is 0.752. The molecule has 4 rings (SSSR count). The molecule has 1 unspecified atom stereocenters. The van der Waals surface area contributed by atoms with Crippen LogP contribution in [0.3, 0.4) is 0 Å². The van der Waals surface area contributed by atoms with Gasteiger partial charge in [-0.2, -0.15) is 0 Å². The third-order valence-electron chi connectivity index (χ3n) is 4.62. The van der Waals surface area contributed by atoms with Crippen LogP contribution >= 0.6 is 15.9 Å². The van der Waals surface area contributed by atoms with Crippen LogP contribution in [0.25, 0.3) is 5.65 Å². The van der Waals surface area contributed by atoms with Crippen LogP contribution in [0.4, 0.5) is 0 Å². The van der Waals surface area contributed by atoms with Gasteiger partial charge in [-0.3, -0.25) is 9.88 Å². The molecule has 0 amide bonds. The Morgan fingerprint density at radius 3 is 3.12 bits per heavy atom. The van der Waals surface area contributed by atoms with E-state index in [1.807, 2.05) is 24.7 Å². The lowest BCUT2D eigenvalue weighted by atomic mass is 10.1. The van der Waals surface area contributed by atoms with Gasteiger partial charge < -0.3 is 9.72 Å². The first kappa shape index (κ1) is 15.7. The third kappa shape index (κ3) is 2.97. The zero-order valence-corrected chi connectivity index (χ0v) is 15.2. The summed E-state index contributed by atoms with van der Waals surface area (Å²) in [5.41, 5.74) is 4.68. The summed E-state index contributed by atoms with van der Waals surface area (Å²) in [5, 5.41) is 3.50. The summed E-state index contributed by atoms with van der Waals surface area (Å²) in [6.45, 7) is 5.94. The Kier molecular flexibility index (Phi) is 4.35. The topological polar surface area (TPSA) is 45.5 Å². The lowest BCUT2D eigenvalue weighted by molar-refractivity contribution is 0.151. The number of piperazine rings is 1. The molecule has 0 spiro atoms. The highest BCUT2D eigenvalue weighted by Gasteiger charge is 2.25. The van der Waals surface area contributed by atoms with Crippen molar-refractivity contribution in [3.63, 3.8) is 0 Å². The number of hydrogen-bond acceptors (Lipinski definition) is 4. The average Bonchev–Trinajstić information content (AvgIpc) is 2.99. The number of pyridine rings is 2. The van der Waals surface area contributed by atoms with Gasteiger partial charge in [-0.15, -0.1) is 0 Å². The molecule has 124 valence electrons. The molecule has 1 saturated heterocycles. The van der Waals surface area contributed by atoms with Gasteiger partial charge in [0, 0.05) is 55.3 Å². The smallest absolute Gasteiger partial charge is 0.139 e. The molecule has 1 aliphatic rings. The molecule has 4 heterocycles. The Bertz CT molecular complexity index is 845. The standard InChI is InChI=1S/C18H20BrN5/c1-13-7-15(19)11-24-16(9-22-18(13)24)12-23-6-5-21-10-17(23)14-3-2-4-20-8-14/h2-4,7-9,11,17,21H,5-6,10,12H2,1H3. The van der Waals surface area contributed by atoms with Gasteiger partial charge in [-0.25, -0.2) is 4.98 Å². The highest BCUT2D eigenvalue weighted by Crippen LogP contribution is 2.25. The van der Waals surface area contributed by atoms with E-state index in [1.165, 1.54) is 16.8 Å². The Labute approximate surface area is 149 Å². The van der Waals surface area contributed by atoms with E-state index in [0.717, 1.165) is 36.3 Å². The van der Waals surface area contributed by atoms with Crippen LogP contribution in [0.5, 0.6) is 0 Å². The summed E-state index contributed by atoms with van der Waals surface area (Å²) in [6, 6.07) is 6.62. The highest BCUT2D eigenvalue weighted by atomic mass is 79.9. The summed E-state index contributed by atoms with van der Waals surface area (Å²) in [6.07, 6.45) is 7.90. The van der Waals surface area contributed by atoms with Crippen molar-refractivity contribution in [1.82, 2.24) is 24.6 Å². The zero-order chi connectivity index (χ0) is 16.5. The molecular formula is C18H20BrN5. The molecule has 3 aromatic heterocycles. The lowest BCUT2D eigenvalue weighted by Crippen LogP contribution is -2.45. The van der Waals surface area contributed by atoms with Crippen molar-refractivity contribution in [3.05, 3.63) is 64.3 Å². The maximum absolute atomic E-state index is 4.61. The molecular weight excluding hydrogens is 366 g/mol. The van der Waals surface area contributed by atoms with Gasteiger partial charge in [0.05, 0.1) is 11.9 Å². The second-order valence-electron chi connectivity index (χ2n) is 6.26. The minimum Gasteiger partial charge on any atom is -0.314 e. The van der Waals surface area contributed by atoms with E-state index in [-0.39, 0.29) is 0 Å². The van der Waals surface area contributed by atoms with Crippen LogP contribution in [0.15, 0.2) is 47.5 Å². The molecule has 1 fully saturated rings. The number of hydrogen-bond donors (Lipinski definition) is 1. The van der Waals surface area contributed by atoms with Gasteiger partial charge >= 0.3 is 0 Å². The molecule has 0 aromatic carbocycles.